The Morgan fingerprint density at radius 3 is 2.12 bits per heavy atom. The van der Waals surface area contributed by atoms with Crippen LogP contribution in [0.15, 0.2) is 18.2 Å². The molecule has 0 saturated carbocycles. The van der Waals surface area contributed by atoms with Crippen molar-refractivity contribution in [1.82, 2.24) is 0 Å². The van der Waals surface area contributed by atoms with Crippen molar-refractivity contribution in [3.63, 3.8) is 0 Å². The van der Waals surface area contributed by atoms with Crippen molar-refractivity contribution in [3.05, 3.63) is 18.2 Å². The third-order valence-electron chi connectivity index (χ3n) is 1.96. The zero-order valence-electron chi connectivity index (χ0n) is 9.47. The van der Waals surface area contributed by atoms with E-state index >= 15 is 0 Å². The van der Waals surface area contributed by atoms with Gasteiger partial charge >= 0.3 is 0 Å². The van der Waals surface area contributed by atoms with Crippen LogP contribution in [0.25, 0.3) is 0 Å². The van der Waals surface area contributed by atoms with Crippen LogP contribution in [0.5, 0.6) is 17.2 Å². The molecule has 0 spiro atoms. The van der Waals surface area contributed by atoms with E-state index in [0.29, 0.717) is 17.2 Å². The van der Waals surface area contributed by atoms with Crippen LogP contribution < -0.4 is 14.2 Å². The van der Waals surface area contributed by atoms with Crippen molar-refractivity contribution in [2.24, 2.45) is 0 Å². The van der Waals surface area contributed by atoms with Gasteiger partial charge in [0.1, 0.15) is 6.61 Å². The van der Waals surface area contributed by atoms with Crippen molar-refractivity contribution < 1.29 is 22.6 Å². The summed E-state index contributed by atoms with van der Waals surface area (Å²) in [5.74, 6) is 1.01. The molecule has 0 fully saturated rings. The summed E-state index contributed by atoms with van der Waals surface area (Å²) in [4.78, 5) is 0. The Hall–Kier alpha value is -1.14. The maximum atomic E-state index is 10.8. The maximum Gasteiger partial charge on any atom is 0.235 e. The molecule has 0 heterocycles. The van der Waals surface area contributed by atoms with Gasteiger partial charge in [0.05, 0.1) is 20.0 Å². The van der Waals surface area contributed by atoms with Gasteiger partial charge < -0.3 is 14.2 Å². The lowest BCUT2D eigenvalue weighted by Crippen LogP contribution is -2.10. The summed E-state index contributed by atoms with van der Waals surface area (Å²) in [6.07, 6.45) is 0. The molecule has 0 bridgehead atoms. The lowest BCUT2D eigenvalue weighted by atomic mass is 10.3. The monoisotopic (exact) mass is 280 g/mol. The van der Waals surface area contributed by atoms with E-state index in [1.54, 1.807) is 18.2 Å². The fourth-order valence-electron chi connectivity index (χ4n) is 1.20. The van der Waals surface area contributed by atoms with Gasteiger partial charge in [0, 0.05) is 10.7 Å². The molecule has 0 atom stereocenters. The lowest BCUT2D eigenvalue weighted by molar-refractivity contribution is 0.289. The van der Waals surface area contributed by atoms with E-state index in [4.69, 9.17) is 24.9 Å². The van der Waals surface area contributed by atoms with Crippen molar-refractivity contribution in [2.45, 2.75) is 0 Å². The highest BCUT2D eigenvalue weighted by molar-refractivity contribution is 8.13. The number of hydrogen-bond acceptors (Lipinski definition) is 5. The van der Waals surface area contributed by atoms with Gasteiger partial charge in [-0.15, -0.1) is 0 Å². The molecule has 1 aromatic rings. The zero-order valence-corrected chi connectivity index (χ0v) is 11.0. The number of ether oxygens (including phenoxy) is 3. The van der Waals surface area contributed by atoms with Crippen molar-refractivity contribution in [2.75, 3.05) is 26.6 Å². The zero-order chi connectivity index (χ0) is 12.9. The highest BCUT2D eigenvalue weighted by Gasteiger charge is 2.12. The molecule has 7 heteroatoms. The Morgan fingerprint density at radius 1 is 1.18 bits per heavy atom. The first kappa shape index (κ1) is 13.9. The van der Waals surface area contributed by atoms with Gasteiger partial charge in [0.25, 0.3) is 0 Å². The highest BCUT2D eigenvalue weighted by atomic mass is 35.7. The van der Waals surface area contributed by atoms with Crippen LogP contribution in [-0.2, 0) is 9.05 Å². The van der Waals surface area contributed by atoms with Crippen molar-refractivity contribution in [3.8, 4) is 17.2 Å². The van der Waals surface area contributed by atoms with Crippen LogP contribution >= 0.6 is 10.7 Å². The van der Waals surface area contributed by atoms with Crippen LogP contribution in [0.4, 0.5) is 0 Å². The van der Waals surface area contributed by atoms with Crippen LogP contribution in [0.2, 0.25) is 0 Å². The van der Waals surface area contributed by atoms with Gasteiger partial charge in [-0.25, -0.2) is 8.42 Å². The van der Waals surface area contributed by atoms with Crippen LogP contribution in [0.3, 0.4) is 0 Å². The van der Waals surface area contributed by atoms with Gasteiger partial charge in [-0.3, -0.25) is 0 Å². The number of hydrogen-bond donors (Lipinski definition) is 0. The van der Waals surface area contributed by atoms with Gasteiger partial charge in [-0.05, 0) is 12.1 Å². The summed E-state index contributed by atoms with van der Waals surface area (Å²) in [7, 11) is 4.48. The number of para-hydroxylation sites is 1. The summed E-state index contributed by atoms with van der Waals surface area (Å²) in [6, 6.07) is 5.11. The summed E-state index contributed by atoms with van der Waals surface area (Å²) >= 11 is 0. The van der Waals surface area contributed by atoms with E-state index in [2.05, 4.69) is 0 Å². The summed E-state index contributed by atoms with van der Waals surface area (Å²) in [5.41, 5.74) is 0. The quantitative estimate of drug-likeness (QED) is 0.742. The summed E-state index contributed by atoms with van der Waals surface area (Å²) in [6.45, 7) is -0.0669. The topological polar surface area (TPSA) is 61.8 Å². The highest BCUT2D eigenvalue weighted by Crippen LogP contribution is 2.36. The van der Waals surface area contributed by atoms with Crippen molar-refractivity contribution in [1.29, 1.82) is 0 Å². The molecule has 1 rings (SSSR count). The largest absolute Gasteiger partial charge is 0.493 e. The molecule has 0 unspecified atom stereocenters. The Labute approximate surface area is 105 Å². The van der Waals surface area contributed by atoms with Crippen LogP contribution in [-0.4, -0.2) is 35.0 Å². The Bertz CT molecular complexity index is 449. The minimum atomic E-state index is -3.57. The van der Waals surface area contributed by atoms with E-state index in [1.165, 1.54) is 14.2 Å². The molecular formula is C10H13ClO5S. The fraction of sp³-hybridized carbons (Fsp3) is 0.400. The van der Waals surface area contributed by atoms with Crippen LogP contribution in [0, 0.1) is 0 Å². The molecule has 5 nitrogen and oxygen atoms in total. The molecule has 0 aliphatic carbocycles. The van der Waals surface area contributed by atoms with E-state index in [9.17, 15) is 8.42 Å². The molecule has 0 saturated heterocycles. The predicted molar refractivity (Wildman–Crippen MR) is 64.7 cm³/mol. The number of halogens is 1. The van der Waals surface area contributed by atoms with Gasteiger partial charge in [-0.2, -0.15) is 0 Å². The Morgan fingerprint density at radius 2 is 1.71 bits per heavy atom. The second-order valence-corrected chi connectivity index (χ2v) is 5.98. The molecule has 0 N–H and O–H groups in total. The number of benzene rings is 1. The van der Waals surface area contributed by atoms with E-state index < -0.39 is 9.05 Å². The average Bonchev–Trinajstić information content (AvgIpc) is 2.27. The first-order chi connectivity index (χ1) is 7.98. The molecule has 1 aromatic carbocycles. The molecule has 0 aliphatic heterocycles. The van der Waals surface area contributed by atoms with Crippen molar-refractivity contribution >= 4 is 19.7 Å². The molecule has 0 radical (unpaired) electrons. The number of methoxy groups -OCH3 is 2. The molecule has 0 aliphatic rings. The Balaban J connectivity index is 2.81. The first-order valence-corrected chi connectivity index (χ1v) is 7.22. The van der Waals surface area contributed by atoms with E-state index in [-0.39, 0.29) is 12.4 Å². The average molecular weight is 281 g/mol. The van der Waals surface area contributed by atoms with Crippen LogP contribution in [0.1, 0.15) is 0 Å². The predicted octanol–water partition coefficient (Wildman–Crippen LogP) is 1.65. The fourth-order valence-corrected chi connectivity index (χ4v) is 1.67. The second-order valence-electron chi connectivity index (χ2n) is 3.08. The molecule has 96 valence electrons. The molecule has 0 aromatic heterocycles. The standard InChI is InChI=1S/C10H13ClO5S/c1-14-8-4-3-5-9(15-2)10(8)16-6-7-17(11,12)13/h3-5H,6-7H2,1-2H3. The minimum Gasteiger partial charge on any atom is -0.493 e. The molecule has 0 amide bonds. The molecular weight excluding hydrogens is 268 g/mol. The SMILES string of the molecule is COc1cccc(OC)c1OCCS(=O)(=O)Cl. The van der Waals surface area contributed by atoms with E-state index in [0.717, 1.165) is 0 Å². The lowest BCUT2D eigenvalue weighted by Gasteiger charge is -2.13. The smallest absolute Gasteiger partial charge is 0.235 e. The molecule has 17 heavy (non-hydrogen) atoms. The first-order valence-electron chi connectivity index (χ1n) is 4.74. The summed E-state index contributed by atoms with van der Waals surface area (Å²) in [5, 5.41) is 0. The normalized spacial score (nSPS) is 11.0. The maximum absolute atomic E-state index is 10.8. The third kappa shape index (κ3) is 4.32. The Kier molecular flexibility index (Phi) is 4.89. The van der Waals surface area contributed by atoms with Gasteiger partial charge in [-0.1, -0.05) is 6.07 Å². The van der Waals surface area contributed by atoms with E-state index in [1.807, 2.05) is 0 Å². The number of rotatable bonds is 6. The third-order valence-corrected chi connectivity index (χ3v) is 3.07. The van der Waals surface area contributed by atoms with Gasteiger partial charge in [0.2, 0.25) is 14.8 Å². The van der Waals surface area contributed by atoms with Gasteiger partial charge in [0.15, 0.2) is 11.5 Å². The second kappa shape index (κ2) is 5.97. The minimum absolute atomic E-state index is 0.0669. The summed E-state index contributed by atoms with van der Waals surface area (Å²) < 4.78 is 37.0.